The maximum atomic E-state index is 12.6. The number of ketones is 1. The van der Waals surface area contributed by atoms with Crippen LogP contribution in [0.2, 0.25) is 0 Å². The summed E-state index contributed by atoms with van der Waals surface area (Å²) in [6.07, 6.45) is 3.49. The summed E-state index contributed by atoms with van der Waals surface area (Å²) >= 11 is 0. The van der Waals surface area contributed by atoms with Crippen molar-refractivity contribution in [2.45, 2.75) is 32.6 Å². The highest BCUT2D eigenvalue weighted by Crippen LogP contribution is 2.30. The molecule has 3 rings (SSSR count). The highest BCUT2D eigenvalue weighted by Gasteiger charge is 2.28. The Hall–Kier alpha value is -2.37. The molecule has 0 radical (unpaired) electrons. The second-order valence-electron chi connectivity index (χ2n) is 6.17. The number of rotatable bonds is 4. The molecule has 2 aromatic heterocycles. The van der Waals surface area contributed by atoms with Crippen molar-refractivity contribution in [2.75, 3.05) is 20.2 Å². The van der Waals surface area contributed by atoms with Crippen molar-refractivity contribution in [3.63, 3.8) is 0 Å². The van der Waals surface area contributed by atoms with Gasteiger partial charge in [0, 0.05) is 30.2 Å². The largest absolute Gasteiger partial charge is 0.481 e. The molecular formula is C17H21N3O3. The molecule has 6 nitrogen and oxygen atoms in total. The maximum Gasteiger partial charge on any atom is 0.295 e. The summed E-state index contributed by atoms with van der Waals surface area (Å²) < 4.78 is 5.32. The van der Waals surface area contributed by atoms with Crippen LogP contribution in [0.5, 0.6) is 5.88 Å². The van der Waals surface area contributed by atoms with Gasteiger partial charge >= 0.3 is 0 Å². The molecule has 3 heterocycles. The Morgan fingerprint density at radius 2 is 2.00 bits per heavy atom. The molecule has 1 fully saturated rings. The fourth-order valence-electron chi connectivity index (χ4n) is 2.99. The summed E-state index contributed by atoms with van der Waals surface area (Å²) in [4.78, 5) is 33.9. The number of ether oxygens (including phenoxy) is 1. The monoisotopic (exact) mass is 315 g/mol. The number of hydrogen-bond donors (Lipinski definition) is 1. The zero-order valence-electron chi connectivity index (χ0n) is 13.7. The smallest absolute Gasteiger partial charge is 0.295 e. The van der Waals surface area contributed by atoms with Gasteiger partial charge in [0.15, 0.2) is 0 Å². The molecule has 2 aromatic rings. The van der Waals surface area contributed by atoms with Gasteiger partial charge in [-0.3, -0.25) is 9.59 Å². The van der Waals surface area contributed by atoms with Gasteiger partial charge in [0.2, 0.25) is 5.88 Å². The van der Waals surface area contributed by atoms with Crippen molar-refractivity contribution in [1.29, 1.82) is 0 Å². The number of aromatic nitrogens is 2. The molecule has 122 valence electrons. The number of methoxy groups -OCH3 is 1. The van der Waals surface area contributed by atoms with Crippen LogP contribution in [0.4, 0.5) is 0 Å². The SMILES string of the molecule is COc1nc2[nH]cc(C(=O)C(=O)N3CCCC3)c2cc1C(C)C. The van der Waals surface area contributed by atoms with Crippen LogP contribution in [0.15, 0.2) is 12.3 Å². The van der Waals surface area contributed by atoms with Gasteiger partial charge in [0.1, 0.15) is 5.65 Å². The number of nitrogens with zero attached hydrogens (tertiary/aromatic N) is 2. The van der Waals surface area contributed by atoms with E-state index in [-0.39, 0.29) is 5.92 Å². The van der Waals surface area contributed by atoms with E-state index in [2.05, 4.69) is 9.97 Å². The Balaban J connectivity index is 2.02. The third-order valence-electron chi connectivity index (χ3n) is 4.31. The van der Waals surface area contributed by atoms with Crippen molar-refractivity contribution in [3.05, 3.63) is 23.4 Å². The Labute approximate surface area is 134 Å². The van der Waals surface area contributed by atoms with E-state index in [1.54, 1.807) is 18.2 Å². The highest BCUT2D eigenvalue weighted by atomic mass is 16.5. The molecule has 0 spiro atoms. The molecular weight excluding hydrogens is 294 g/mol. The molecule has 1 aliphatic rings. The summed E-state index contributed by atoms with van der Waals surface area (Å²) in [6, 6.07) is 1.90. The third-order valence-corrected chi connectivity index (χ3v) is 4.31. The van der Waals surface area contributed by atoms with Crippen LogP contribution >= 0.6 is 0 Å². The summed E-state index contributed by atoms with van der Waals surface area (Å²) in [5.74, 6) is -0.154. The quantitative estimate of drug-likeness (QED) is 0.695. The van der Waals surface area contributed by atoms with E-state index in [1.807, 2.05) is 19.9 Å². The van der Waals surface area contributed by atoms with Crippen LogP contribution in [-0.2, 0) is 4.79 Å². The molecule has 1 saturated heterocycles. The minimum atomic E-state index is -0.472. The summed E-state index contributed by atoms with van der Waals surface area (Å²) in [6.45, 7) is 5.40. The Bertz CT molecular complexity index is 758. The average Bonchev–Trinajstić information content (AvgIpc) is 3.21. The molecule has 23 heavy (non-hydrogen) atoms. The number of pyridine rings is 1. The molecule has 0 saturated carbocycles. The first-order valence-corrected chi connectivity index (χ1v) is 7.92. The topological polar surface area (TPSA) is 75.3 Å². The number of nitrogens with one attached hydrogen (secondary N) is 1. The van der Waals surface area contributed by atoms with E-state index >= 15 is 0 Å². The Morgan fingerprint density at radius 1 is 1.30 bits per heavy atom. The van der Waals surface area contributed by atoms with Crippen LogP contribution in [0, 0.1) is 0 Å². The normalized spacial score (nSPS) is 14.7. The number of aromatic amines is 1. The lowest BCUT2D eigenvalue weighted by Gasteiger charge is -2.14. The van der Waals surface area contributed by atoms with Crippen molar-refractivity contribution in [3.8, 4) is 5.88 Å². The van der Waals surface area contributed by atoms with Crippen molar-refractivity contribution in [2.24, 2.45) is 0 Å². The van der Waals surface area contributed by atoms with Crippen LogP contribution in [0.1, 0.15) is 48.5 Å². The molecule has 0 aliphatic carbocycles. The molecule has 0 aromatic carbocycles. The lowest BCUT2D eigenvalue weighted by Crippen LogP contribution is -2.34. The fourth-order valence-corrected chi connectivity index (χ4v) is 2.99. The van der Waals surface area contributed by atoms with E-state index in [4.69, 9.17) is 4.74 Å². The number of carbonyl (C=O) groups excluding carboxylic acids is 2. The zero-order chi connectivity index (χ0) is 16.6. The number of amides is 1. The third kappa shape index (κ3) is 2.69. The van der Waals surface area contributed by atoms with Crippen molar-refractivity contribution < 1.29 is 14.3 Å². The zero-order valence-corrected chi connectivity index (χ0v) is 13.7. The Morgan fingerprint density at radius 3 is 2.61 bits per heavy atom. The van der Waals surface area contributed by atoms with Crippen LogP contribution < -0.4 is 4.74 Å². The molecule has 1 aliphatic heterocycles. The maximum absolute atomic E-state index is 12.6. The standard InChI is InChI=1S/C17H21N3O3/c1-10(2)11-8-12-13(9-18-15(12)19-16(11)23-3)14(21)17(22)20-6-4-5-7-20/h8-10H,4-7H2,1-3H3,(H,18,19). The van der Waals surface area contributed by atoms with E-state index in [9.17, 15) is 9.59 Å². The van der Waals surface area contributed by atoms with Crippen LogP contribution in [-0.4, -0.2) is 46.8 Å². The first kappa shape index (κ1) is 15.5. The van der Waals surface area contributed by atoms with E-state index < -0.39 is 11.7 Å². The van der Waals surface area contributed by atoms with E-state index in [1.165, 1.54) is 0 Å². The molecule has 6 heteroatoms. The van der Waals surface area contributed by atoms with Gasteiger partial charge in [-0.05, 0) is 24.8 Å². The number of carbonyl (C=O) groups is 2. The van der Waals surface area contributed by atoms with Crippen molar-refractivity contribution >= 4 is 22.7 Å². The number of Topliss-reactive ketones (excluding diaryl/α,β-unsaturated/α-hetero) is 1. The minimum absolute atomic E-state index is 0.203. The van der Waals surface area contributed by atoms with Gasteiger partial charge in [-0.15, -0.1) is 0 Å². The Kier molecular flexibility index (Phi) is 4.07. The van der Waals surface area contributed by atoms with Gasteiger partial charge in [0.05, 0.1) is 12.7 Å². The second-order valence-corrected chi connectivity index (χ2v) is 6.17. The fraction of sp³-hybridized carbons (Fsp3) is 0.471. The predicted octanol–water partition coefficient (Wildman–Crippen LogP) is 2.50. The molecule has 0 bridgehead atoms. The van der Waals surface area contributed by atoms with Gasteiger partial charge in [0.25, 0.3) is 11.7 Å². The molecule has 0 unspecified atom stereocenters. The second kappa shape index (κ2) is 6.02. The summed E-state index contributed by atoms with van der Waals surface area (Å²) in [5, 5.41) is 0.673. The van der Waals surface area contributed by atoms with E-state index in [0.717, 1.165) is 18.4 Å². The lowest BCUT2D eigenvalue weighted by atomic mass is 10.0. The number of hydrogen-bond acceptors (Lipinski definition) is 4. The van der Waals surface area contributed by atoms with Gasteiger partial charge in [-0.1, -0.05) is 13.8 Å². The molecule has 1 amide bonds. The van der Waals surface area contributed by atoms with Crippen molar-refractivity contribution in [1.82, 2.24) is 14.9 Å². The average molecular weight is 315 g/mol. The summed E-state index contributed by atoms with van der Waals surface area (Å²) in [5.41, 5.74) is 1.86. The van der Waals surface area contributed by atoms with E-state index in [0.29, 0.717) is 35.6 Å². The predicted molar refractivity (Wildman–Crippen MR) is 86.9 cm³/mol. The number of fused-ring (bicyclic) bond motifs is 1. The molecule has 1 N–H and O–H groups in total. The molecule has 0 atom stereocenters. The van der Waals surface area contributed by atoms with Crippen LogP contribution in [0.25, 0.3) is 11.0 Å². The van der Waals surface area contributed by atoms with Gasteiger partial charge < -0.3 is 14.6 Å². The van der Waals surface area contributed by atoms with Gasteiger partial charge in [-0.25, -0.2) is 0 Å². The highest BCUT2D eigenvalue weighted by molar-refractivity contribution is 6.44. The van der Waals surface area contributed by atoms with Crippen LogP contribution in [0.3, 0.4) is 0 Å². The van der Waals surface area contributed by atoms with Gasteiger partial charge in [-0.2, -0.15) is 4.98 Å². The summed E-state index contributed by atoms with van der Waals surface area (Å²) in [7, 11) is 1.58. The minimum Gasteiger partial charge on any atom is -0.481 e. The first-order chi connectivity index (χ1) is 11.0. The number of likely N-dealkylation sites (tertiary alicyclic amines) is 1. The number of H-pyrrole nitrogens is 1. The first-order valence-electron chi connectivity index (χ1n) is 7.92. The lowest BCUT2D eigenvalue weighted by molar-refractivity contribution is -0.125.